The molecule has 44 nitrogen and oxygen atoms in total. The summed E-state index contributed by atoms with van der Waals surface area (Å²) in [5.74, 6) is -16.1. The van der Waals surface area contributed by atoms with Gasteiger partial charge in [-0.15, -0.1) is 0 Å². The second kappa shape index (κ2) is 56.7. The molecular formula is C90H122F4N18O26S. The van der Waals surface area contributed by atoms with Crippen LogP contribution in [-0.2, 0) is 114 Å². The molecule has 1 aliphatic heterocycles. The minimum absolute atomic E-state index is 0.00209. The van der Waals surface area contributed by atoms with Crippen LogP contribution in [0.4, 0.5) is 39.9 Å². The number of allylic oxidation sites excluding steroid dienone is 2. The lowest BCUT2D eigenvalue weighted by Gasteiger charge is -2.34. The van der Waals surface area contributed by atoms with Crippen molar-refractivity contribution in [2.24, 2.45) is 17.4 Å². The third kappa shape index (κ3) is 34.7. The summed E-state index contributed by atoms with van der Waals surface area (Å²) in [6.07, 6.45) is 3.02. The Morgan fingerprint density at radius 2 is 0.950 bits per heavy atom. The number of fused-ring (bicyclic) bond motifs is 2. The molecule has 139 heavy (non-hydrogen) atoms. The summed E-state index contributed by atoms with van der Waals surface area (Å²) in [5.41, 5.74) is 16.4. The number of hydrogen-bond donors (Lipinski definition) is 9. The smallest absolute Gasteiger partial charge is 0.407 e. The Kier molecular flexibility index (Phi) is 45.1. The predicted octanol–water partition coefficient (Wildman–Crippen LogP) is 5.65. The number of hydrogen-bond acceptors (Lipinski definition) is 31. The standard InChI is InChI=1S/C90H122F4N18O26S/c1-9-111-67(50-58(5)105-111)85(118)103-88-100-65-52-62(82(95)115)54-69(125-8)78(65)109(88)22-11-12-23-110-79-66(101-89(110)104-86(119)68-51-59(6)106-112(68)10-2)53-63(83(96)116)55-70(79)136-29-13-21-107-25-27-108(28-26-107)24-20-97-90(121)137-56-61-14-16-64(17-15-61)99-84(117)60(7)98-87(120)77(57(3)4)102-71(113)18-30-126-32-34-128-36-38-130-40-42-132-44-46-134-48-49-135-47-45-133-43-41-131-39-37-129-35-33-127-31-19-72(114)138-80-73(91)75(93)81(139(122,123)124)76(94)74(80)92/h11-12,14-17,50-55,57,60,77H,9-10,13,18-49,56H2,1-8H3,(H2,95,115)(H2,96,116)(H,97,121)(H,98,120)(H,99,117)(H,102,113)(H,100,103,118)(H,101,104,119)(H,122,123,124)/b12-11+/t60-,77-/m0/s1. The van der Waals surface area contributed by atoms with E-state index >= 15 is 0 Å². The van der Waals surface area contributed by atoms with Crippen molar-refractivity contribution in [3.8, 4) is 17.2 Å². The van der Waals surface area contributed by atoms with E-state index in [1.807, 2.05) is 26.0 Å². The van der Waals surface area contributed by atoms with Gasteiger partial charge < -0.3 is 113 Å². The number of aromatic nitrogens is 8. The molecule has 8 aromatic rings. The molecule has 1 fully saturated rings. The van der Waals surface area contributed by atoms with E-state index in [2.05, 4.69) is 56.6 Å². The number of aryl methyl sites for hydroxylation is 4. The third-order valence-corrected chi connectivity index (χ3v) is 21.9. The lowest BCUT2D eigenvalue weighted by Crippen LogP contribution is -2.53. The number of benzene rings is 4. The molecule has 0 aliphatic carbocycles. The summed E-state index contributed by atoms with van der Waals surface area (Å²) >= 11 is 0. The number of ether oxygens (including phenoxy) is 14. The maximum absolute atomic E-state index is 14.1. The number of amides is 8. The normalized spacial score (nSPS) is 13.0. The first kappa shape index (κ1) is 110. The molecule has 0 spiro atoms. The highest BCUT2D eigenvalue weighted by molar-refractivity contribution is 7.85. The first-order chi connectivity index (χ1) is 66.8. The molecule has 2 atom stereocenters. The Morgan fingerprint density at radius 1 is 0.525 bits per heavy atom. The monoisotopic (exact) mass is 1980 g/mol. The molecule has 4 aromatic heterocycles. The van der Waals surface area contributed by atoms with Gasteiger partial charge in [-0.25, -0.2) is 23.5 Å². The van der Waals surface area contributed by atoms with Gasteiger partial charge in [0.05, 0.1) is 175 Å². The summed E-state index contributed by atoms with van der Waals surface area (Å²) in [5, 5.41) is 25.8. The molecule has 0 radical (unpaired) electrons. The number of rotatable bonds is 64. The van der Waals surface area contributed by atoms with Crippen LogP contribution in [0.2, 0.25) is 0 Å². The molecule has 9 rings (SSSR count). The topological polar surface area (TPSA) is 539 Å². The number of imidazole rings is 2. The molecule has 0 bridgehead atoms. The first-order valence-corrected chi connectivity index (χ1v) is 46.6. The maximum atomic E-state index is 14.1. The highest BCUT2D eigenvalue weighted by atomic mass is 32.2. The Bertz CT molecular complexity index is 5550. The Morgan fingerprint density at radius 3 is 1.37 bits per heavy atom. The molecular weight excluding hydrogens is 1860 g/mol. The number of nitrogens with two attached hydrogens (primary N) is 2. The van der Waals surface area contributed by atoms with Gasteiger partial charge >= 0.3 is 22.2 Å². The van der Waals surface area contributed by atoms with Crippen molar-refractivity contribution in [2.45, 2.75) is 117 Å². The van der Waals surface area contributed by atoms with Crippen LogP contribution in [0.1, 0.15) is 113 Å². The van der Waals surface area contributed by atoms with Crippen molar-refractivity contribution in [2.75, 3.05) is 208 Å². The molecule has 49 heteroatoms. The number of anilines is 3. The fourth-order valence-electron chi connectivity index (χ4n) is 14.0. The van der Waals surface area contributed by atoms with Crippen molar-refractivity contribution in [1.29, 1.82) is 0 Å². The van der Waals surface area contributed by atoms with Gasteiger partial charge in [0.2, 0.25) is 58.8 Å². The van der Waals surface area contributed by atoms with Gasteiger partial charge in [-0.05, 0) is 101 Å². The van der Waals surface area contributed by atoms with E-state index < -0.39 is 116 Å². The summed E-state index contributed by atoms with van der Waals surface area (Å²) < 4.78 is 170. The Hall–Kier alpha value is -12.2. The fourth-order valence-corrected chi connectivity index (χ4v) is 14.6. The van der Waals surface area contributed by atoms with Crippen LogP contribution in [0.3, 0.4) is 0 Å². The van der Waals surface area contributed by atoms with E-state index in [-0.39, 0.29) is 127 Å². The van der Waals surface area contributed by atoms with Crippen LogP contribution in [0.25, 0.3) is 22.1 Å². The Balaban J connectivity index is 0.575. The molecule has 11 N–H and O–H groups in total. The molecule has 762 valence electrons. The van der Waals surface area contributed by atoms with Crippen molar-refractivity contribution in [3.05, 3.63) is 136 Å². The number of esters is 1. The van der Waals surface area contributed by atoms with Crippen molar-refractivity contribution < 1.29 is 140 Å². The minimum Gasteiger partial charge on any atom is -0.494 e. The first-order valence-electron chi connectivity index (χ1n) is 45.1. The highest BCUT2D eigenvalue weighted by Crippen LogP contribution is 2.36. The van der Waals surface area contributed by atoms with E-state index in [9.17, 15) is 69.1 Å². The zero-order valence-electron chi connectivity index (χ0n) is 78.8. The Labute approximate surface area is 799 Å². The van der Waals surface area contributed by atoms with Crippen LogP contribution in [0.15, 0.2) is 77.7 Å². The van der Waals surface area contributed by atoms with E-state index in [1.165, 1.54) is 32.2 Å². The zero-order valence-corrected chi connectivity index (χ0v) is 79.6. The quantitative estimate of drug-likeness (QED) is 0.00422. The third-order valence-electron chi connectivity index (χ3n) is 21.0. The number of carbonyl (C=O) groups is 9. The van der Waals surface area contributed by atoms with Gasteiger partial charge in [-0.3, -0.25) is 67.8 Å². The molecule has 8 amide bonds. The SMILES string of the molecule is CCn1nc(C)cc1C(=O)Nc1nc2cc(C(N)=O)cc(OC)c2n1C/C=C/Cn1c(NC(=O)c2cc(C)nn2CC)nc2cc(C(N)=O)cc(OCCCN3CCN(CCNC(=O)OCc4ccc(NC(=O)[C@H](C)NC(=O)[C@@H](NC(=O)CCOCCOCCOCCOCCOCCOCCOCCOCCOCCOCCC(=O)Oc5c(F)c(F)c(S(=O)(=O)O)c(F)c5F)C(C)C)cc4)CC3)c21. The number of halogens is 4. The number of alkyl carbamates (subject to hydrolysis) is 1. The number of methoxy groups -OCH3 is 1. The second-order valence-electron chi connectivity index (χ2n) is 31.6. The molecule has 1 saturated heterocycles. The van der Waals surface area contributed by atoms with Gasteiger partial charge in [0.25, 0.3) is 11.8 Å². The molecule has 4 aromatic carbocycles. The summed E-state index contributed by atoms with van der Waals surface area (Å²) in [6.45, 7) is 23.0. The summed E-state index contributed by atoms with van der Waals surface area (Å²) in [7, 11) is -4.23. The largest absolute Gasteiger partial charge is 0.494 e. The summed E-state index contributed by atoms with van der Waals surface area (Å²) in [4.78, 5) is 129. The molecule has 1 aliphatic rings. The second-order valence-corrected chi connectivity index (χ2v) is 33.0. The van der Waals surface area contributed by atoms with Gasteiger partial charge in [0.1, 0.15) is 52.6 Å². The van der Waals surface area contributed by atoms with Crippen LogP contribution in [0.5, 0.6) is 17.2 Å². The van der Waals surface area contributed by atoms with E-state index in [4.69, 9.17) is 87.6 Å². The van der Waals surface area contributed by atoms with Crippen molar-refractivity contribution in [3.63, 3.8) is 0 Å². The van der Waals surface area contributed by atoms with E-state index in [0.29, 0.717) is 174 Å². The average molecular weight is 1980 g/mol. The fraction of sp³-hybridized carbons (Fsp3) is 0.522. The summed E-state index contributed by atoms with van der Waals surface area (Å²) in [6, 6.07) is 14.2. The predicted molar refractivity (Wildman–Crippen MR) is 493 cm³/mol. The number of nitrogens with zero attached hydrogens (tertiary/aromatic N) is 10. The van der Waals surface area contributed by atoms with Crippen molar-refractivity contribution in [1.82, 2.24) is 64.4 Å². The van der Waals surface area contributed by atoms with E-state index in [0.717, 1.165) is 26.2 Å². The van der Waals surface area contributed by atoms with Crippen LogP contribution in [-0.4, -0.2) is 319 Å². The average Bonchev–Trinajstić information content (AvgIpc) is 1.64. The number of nitrogens with one attached hydrogen (secondary N) is 6. The zero-order chi connectivity index (χ0) is 101. The molecule has 5 heterocycles. The molecule has 0 saturated carbocycles. The van der Waals surface area contributed by atoms with Crippen molar-refractivity contribution >= 4 is 103 Å². The van der Waals surface area contributed by atoms with Crippen LogP contribution >= 0.6 is 0 Å². The number of primary amides is 2. The van der Waals surface area contributed by atoms with E-state index in [1.54, 1.807) is 88.7 Å². The highest BCUT2D eigenvalue weighted by Gasteiger charge is 2.35. The van der Waals surface area contributed by atoms with Gasteiger partial charge in [0, 0.05) is 95.2 Å². The number of piperazine rings is 1. The maximum Gasteiger partial charge on any atom is 0.407 e. The lowest BCUT2D eigenvalue weighted by atomic mass is 10.0. The molecule has 0 unspecified atom stereocenters. The van der Waals surface area contributed by atoms with Crippen LogP contribution in [0, 0.1) is 43.0 Å². The van der Waals surface area contributed by atoms with Gasteiger partial charge in [0.15, 0.2) is 16.5 Å². The number of carbonyl (C=O) groups excluding carboxylic acids is 9. The minimum atomic E-state index is -5.67. The van der Waals surface area contributed by atoms with Gasteiger partial charge in [-0.1, -0.05) is 38.1 Å². The van der Waals surface area contributed by atoms with Gasteiger partial charge in [-0.2, -0.15) is 27.4 Å². The lowest BCUT2D eigenvalue weighted by molar-refractivity contribution is -0.136. The van der Waals surface area contributed by atoms with Crippen LogP contribution < -0.4 is 57.6 Å².